The highest BCUT2D eigenvalue weighted by Gasteiger charge is 2.53. The van der Waals surface area contributed by atoms with Crippen molar-refractivity contribution in [3.63, 3.8) is 0 Å². The molecule has 4 amide bonds. The van der Waals surface area contributed by atoms with Gasteiger partial charge in [-0.2, -0.15) is 0 Å². The molecule has 438 valence electrons. The molecule has 21 heteroatoms. The van der Waals surface area contributed by atoms with Crippen molar-refractivity contribution >= 4 is 58.3 Å². The fourth-order valence-electron chi connectivity index (χ4n) is 9.52. The van der Waals surface area contributed by atoms with Gasteiger partial charge in [0.05, 0.1) is 17.9 Å². The summed E-state index contributed by atoms with van der Waals surface area (Å²) in [5.74, 6) is -0.399. The Hall–Kier alpha value is -9.41. The van der Waals surface area contributed by atoms with Gasteiger partial charge in [-0.3, -0.25) is 14.4 Å². The third kappa shape index (κ3) is 15.8. The molecule has 2 aliphatic heterocycles. The average Bonchev–Trinajstić information content (AvgIpc) is 1.45. The van der Waals surface area contributed by atoms with E-state index in [4.69, 9.17) is 39.6 Å². The van der Waals surface area contributed by atoms with Crippen LogP contribution in [0.3, 0.4) is 0 Å². The minimum Gasteiger partial charge on any atom is -0.456 e. The molecule has 0 saturated heterocycles. The fraction of sp³-hybridized carbons (Fsp3) is 0.286. The molecule has 1 spiro atoms. The number of esters is 2. The molecule has 84 heavy (non-hydrogen) atoms. The van der Waals surface area contributed by atoms with Crippen molar-refractivity contribution in [3.8, 4) is 28.7 Å². The second kappa shape index (κ2) is 28.5. The van der Waals surface area contributed by atoms with E-state index in [2.05, 4.69) is 38.8 Å². The summed E-state index contributed by atoms with van der Waals surface area (Å²) < 4.78 is 34.0. The maximum Gasteiger partial charge on any atom is 0.413 e. The zero-order chi connectivity index (χ0) is 59.8. The van der Waals surface area contributed by atoms with Gasteiger partial charge in [-0.05, 0) is 125 Å². The van der Waals surface area contributed by atoms with Gasteiger partial charge in [0.2, 0.25) is 11.8 Å². The molecule has 6 aromatic carbocycles. The molecule has 10 N–H and O–H groups in total. The molecule has 1 aromatic heterocycles. The highest BCUT2D eigenvalue weighted by molar-refractivity contribution is 6.00. The van der Waals surface area contributed by atoms with E-state index in [0.717, 1.165) is 36.6 Å². The molecular weight excluding hydrogens is 1080 g/mol. The normalized spacial score (nSPS) is 15.0. The van der Waals surface area contributed by atoms with Crippen LogP contribution < -0.4 is 67.9 Å². The van der Waals surface area contributed by atoms with Crippen LogP contribution in [0.25, 0.3) is 11.0 Å². The number of nitrogens with two attached hydrogens (primary N) is 2. The van der Waals surface area contributed by atoms with Crippen molar-refractivity contribution in [1.82, 2.24) is 21.3 Å². The average molecular weight is 1150 g/mol. The van der Waals surface area contributed by atoms with Gasteiger partial charge in [-0.1, -0.05) is 80.8 Å². The molecule has 3 heterocycles. The summed E-state index contributed by atoms with van der Waals surface area (Å²) in [6.45, 7) is 8.08. The van der Waals surface area contributed by atoms with Gasteiger partial charge in [0.25, 0.3) is 0 Å². The highest BCUT2D eigenvalue weighted by atomic mass is 16.6. The van der Waals surface area contributed by atoms with E-state index >= 15 is 0 Å². The Morgan fingerprint density at radius 1 is 0.583 bits per heavy atom. The monoisotopic (exact) mass is 1140 g/mol. The van der Waals surface area contributed by atoms with E-state index in [0.29, 0.717) is 76.0 Å². The number of anilines is 2. The number of para-hydroxylation sites is 2. The van der Waals surface area contributed by atoms with Crippen molar-refractivity contribution in [3.05, 3.63) is 184 Å². The zero-order valence-electron chi connectivity index (χ0n) is 47.0. The quantitative estimate of drug-likeness (QED) is 0.0103. The first-order chi connectivity index (χ1) is 40.5. The number of nitrogens with one attached hydrogen (secondary N) is 6. The van der Waals surface area contributed by atoms with Gasteiger partial charge in [0.15, 0.2) is 5.60 Å². The molecule has 21 nitrogen and oxygen atoms in total. The Kier molecular flexibility index (Phi) is 20.6. The SMILES string of the molecule is CC(N)NCCC(NC(=O)Oc1ccccc1)C(=O)Nc1ccc2c(c1)Oc1cc(NC(=O)C(CCNC(C)N)NC(=O)Oc3ccccc3)ccc1C21OC(=O)c2ccccc21.CCCCCCC(=O)Oc1ccc2c(C)cc(=O)oc2c1. The Balaban J connectivity index is 0.000000368. The number of ether oxygens (including phenoxy) is 5. The summed E-state index contributed by atoms with van der Waals surface area (Å²) in [4.78, 5) is 90.0. The molecule has 0 aliphatic carbocycles. The number of unbranched alkanes of at least 4 members (excludes halogenated alkanes) is 3. The standard InChI is InChI=1S/C46H48N8O9.C17H20O4/c1-27(47)49-23-21-37(53-44(58)60-31-11-5-3-6-12-31)41(55)51-29-17-19-35-39(25-29)62-40-26-30(18-20-36(40)46(35)34-16-10-9-15-33(34)43(57)63-46)52-42(56)38(22-24-50-28(2)48)54-45(59)61-32-13-7-4-8-14-32;1-3-4-5-6-7-16(18)20-13-8-9-14-12(2)10-17(19)21-15(14)11-13/h3-20,25-28,37-38,49-50H,21-24,47-48H2,1-2H3,(H,51,55)(H,52,56)(H,53,58)(H,54,59);8-11H,3-7H2,1-2H3. The van der Waals surface area contributed by atoms with E-state index in [1.54, 1.807) is 153 Å². The molecular formula is C63H68N8O13. The van der Waals surface area contributed by atoms with Crippen LogP contribution in [-0.2, 0) is 24.7 Å². The Morgan fingerprint density at radius 3 is 1.65 bits per heavy atom. The maximum absolute atomic E-state index is 13.8. The number of aryl methyl sites for hydroxylation is 1. The lowest BCUT2D eigenvalue weighted by Gasteiger charge is -2.37. The fourth-order valence-corrected chi connectivity index (χ4v) is 9.52. The minimum absolute atomic E-state index is 0.170. The number of rotatable bonds is 22. The number of carbonyl (C=O) groups is 6. The Bertz CT molecular complexity index is 3400. The summed E-state index contributed by atoms with van der Waals surface area (Å²) in [6.07, 6.45) is 2.54. The molecule has 4 unspecified atom stereocenters. The molecule has 9 rings (SSSR count). The molecule has 0 radical (unpaired) electrons. The molecule has 2 aliphatic rings. The third-order valence-corrected chi connectivity index (χ3v) is 13.6. The summed E-state index contributed by atoms with van der Waals surface area (Å²) >= 11 is 0. The van der Waals surface area contributed by atoms with Crippen molar-refractivity contribution in [2.75, 3.05) is 23.7 Å². The van der Waals surface area contributed by atoms with Crippen molar-refractivity contribution in [2.24, 2.45) is 11.5 Å². The van der Waals surface area contributed by atoms with Crippen LogP contribution in [0.1, 0.15) is 98.3 Å². The van der Waals surface area contributed by atoms with Gasteiger partial charge in [-0.25, -0.2) is 19.2 Å². The largest absolute Gasteiger partial charge is 0.456 e. The maximum atomic E-state index is 13.8. The van der Waals surface area contributed by atoms with E-state index in [1.807, 2.05) is 6.92 Å². The first kappa shape index (κ1) is 60.7. The van der Waals surface area contributed by atoms with Crippen molar-refractivity contribution < 1.29 is 56.9 Å². The van der Waals surface area contributed by atoms with Crippen LogP contribution in [0.5, 0.6) is 28.7 Å². The number of carbonyl (C=O) groups excluding carboxylic acids is 6. The van der Waals surface area contributed by atoms with Gasteiger partial charge in [-0.15, -0.1) is 0 Å². The van der Waals surface area contributed by atoms with Crippen LogP contribution in [0.2, 0.25) is 0 Å². The molecule has 0 saturated carbocycles. The number of amides is 4. The predicted octanol–water partition coefficient (Wildman–Crippen LogP) is 8.99. The lowest BCUT2D eigenvalue weighted by molar-refractivity contribution is -0.134. The van der Waals surface area contributed by atoms with E-state index in [9.17, 15) is 33.6 Å². The number of hydrogen-bond acceptors (Lipinski definition) is 17. The van der Waals surface area contributed by atoms with Crippen LogP contribution in [0.4, 0.5) is 21.0 Å². The second-order valence-corrected chi connectivity index (χ2v) is 20.2. The number of benzene rings is 6. The van der Waals surface area contributed by atoms with Crippen LogP contribution in [-0.4, -0.2) is 73.4 Å². The minimum atomic E-state index is -1.46. The van der Waals surface area contributed by atoms with Gasteiger partial charge in [0, 0.05) is 64.1 Å². The van der Waals surface area contributed by atoms with Crippen molar-refractivity contribution in [1.29, 1.82) is 0 Å². The first-order valence-electron chi connectivity index (χ1n) is 27.7. The lowest BCUT2D eigenvalue weighted by Crippen LogP contribution is -2.47. The number of fused-ring (bicyclic) bond motifs is 7. The zero-order valence-corrected chi connectivity index (χ0v) is 47.0. The summed E-state index contributed by atoms with van der Waals surface area (Å²) in [5.41, 5.74) is 13.7. The van der Waals surface area contributed by atoms with Crippen LogP contribution >= 0.6 is 0 Å². The molecule has 7 aromatic rings. The van der Waals surface area contributed by atoms with E-state index in [-0.39, 0.29) is 42.6 Å². The molecule has 0 fully saturated rings. The van der Waals surface area contributed by atoms with Gasteiger partial charge in [0.1, 0.15) is 46.4 Å². The Morgan fingerprint density at radius 2 is 1.12 bits per heavy atom. The Labute approximate surface area is 485 Å². The first-order valence-corrected chi connectivity index (χ1v) is 27.7. The smallest absolute Gasteiger partial charge is 0.413 e. The summed E-state index contributed by atoms with van der Waals surface area (Å²) in [6, 6.07) is 38.2. The van der Waals surface area contributed by atoms with E-state index in [1.165, 1.54) is 6.07 Å². The van der Waals surface area contributed by atoms with Crippen LogP contribution in [0, 0.1) is 6.92 Å². The number of hydrogen-bond donors (Lipinski definition) is 8. The van der Waals surface area contributed by atoms with Crippen molar-refractivity contribution in [2.45, 2.75) is 103 Å². The van der Waals surface area contributed by atoms with Gasteiger partial charge >= 0.3 is 29.8 Å². The molecule has 4 atom stereocenters. The second-order valence-electron chi connectivity index (χ2n) is 20.2. The van der Waals surface area contributed by atoms with Gasteiger partial charge < -0.3 is 71.5 Å². The van der Waals surface area contributed by atoms with E-state index < -0.39 is 53.3 Å². The topological polar surface area (TPSA) is 303 Å². The van der Waals surface area contributed by atoms with Crippen LogP contribution in [0.15, 0.2) is 155 Å². The summed E-state index contributed by atoms with van der Waals surface area (Å²) in [5, 5.41) is 17.9. The lowest BCUT2D eigenvalue weighted by atomic mass is 9.77. The summed E-state index contributed by atoms with van der Waals surface area (Å²) in [7, 11) is 0. The molecule has 0 bridgehead atoms. The predicted molar refractivity (Wildman–Crippen MR) is 315 cm³/mol. The third-order valence-electron chi connectivity index (χ3n) is 13.6. The highest BCUT2D eigenvalue weighted by Crippen LogP contribution is 2.57.